The van der Waals surface area contributed by atoms with Crippen LogP contribution in [-0.2, 0) is 0 Å². The SMILES string of the molecule is COc1cc(C)c(C(C)NC(=O)c2cnc(-c3ccccc3)s2)cc1OC. The lowest BCUT2D eigenvalue weighted by molar-refractivity contribution is 0.0943. The zero-order chi connectivity index (χ0) is 19.4. The number of amides is 1. The minimum Gasteiger partial charge on any atom is -0.493 e. The molecular weight excluding hydrogens is 360 g/mol. The molecule has 0 aliphatic heterocycles. The highest BCUT2D eigenvalue weighted by atomic mass is 32.1. The summed E-state index contributed by atoms with van der Waals surface area (Å²) < 4.78 is 10.7. The molecule has 3 rings (SSSR count). The molecule has 0 bridgehead atoms. The molecule has 1 N–H and O–H groups in total. The van der Waals surface area contributed by atoms with Crippen molar-refractivity contribution < 1.29 is 14.3 Å². The van der Waals surface area contributed by atoms with Crippen molar-refractivity contribution in [3.63, 3.8) is 0 Å². The molecule has 1 atom stereocenters. The normalized spacial score (nSPS) is 11.7. The van der Waals surface area contributed by atoms with Gasteiger partial charge in [0.15, 0.2) is 11.5 Å². The molecule has 5 nitrogen and oxygen atoms in total. The molecule has 2 aromatic carbocycles. The maximum Gasteiger partial charge on any atom is 0.263 e. The summed E-state index contributed by atoms with van der Waals surface area (Å²) in [6.45, 7) is 3.94. The number of hydrogen-bond acceptors (Lipinski definition) is 5. The van der Waals surface area contributed by atoms with Crippen molar-refractivity contribution in [1.29, 1.82) is 0 Å². The Morgan fingerprint density at radius 1 is 1.11 bits per heavy atom. The number of carbonyl (C=O) groups excluding carboxylic acids is 1. The standard InChI is InChI=1S/C21H22N2O3S/c1-13-10-17(25-3)18(26-4)11-16(13)14(2)23-20(24)19-12-22-21(27-19)15-8-6-5-7-9-15/h5-12,14H,1-4H3,(H,23,24). The summed E-state index contributed by atoms with van der Waals surface area (Å²) in [5.41, 5.74) is 3.01. The van der Waals surface area contributed by atoms with Crippen LogP contribution in [0.15, 0.2) is 48.7 Å². The van der Waals surface area contributed by atoms with Gasteiger partial charge in [-0.3, -0.25) is 4.79 Å². The van der Waals surface area contributed by atoms with E-state index in [-0.39, 0.29) is 11.9 Å². The molecule has 1 heterocycles. The molecule has 0 aliphatic rings. The lowest BCUT2D eigenvalue weighted by Gasteiger charge is -2.18. The van der Waals surface area contributed by atoms with Gasteiger partial charge in [-0.05, 0) is 37.1 Å². The van der Waals surface area contributed by atoms with Crippen molar-refractivity contribution in [2.45, 2.75) is 19.9 Å². The van der Waals surface area contributed by atoms with E-state index in [2.05, 4.69) is 10.3 Å². The molecule has 0 saturated heterocycles. The number of rotatable bonds is 6. The lowest BCUT2D eigenvalue weighted by atomic mass is 10.0. The molecule has 6 heteroatoms. The van der Waals surface area contributed by atoms with E-state index in [0.717, 1.165) is 21.7 Å². The van der Waals surface area contributed by atoms with E-state index in [4.69, 9.17) is 9.47 Å². The zero-order valence-corrected chi connectivity index (χ0v) is 16.6. The summed E-state index contributed by atoms with van der Waals surface area (Å²) in [7, 11) is 3.21. The van der Waals surface area contributed by atoms with Gasteiger partial charge < -0.3 is 14.8 Å². The van der Waals surface area contributed by atoms with Crippen molar-refractivity contribution in [2.75, 3.05) is 14.2 Å². The fraction of sp³-hybridized carbons (Fsp3) is 0.238. The lowest BCUT2D eigenvalue weighted by Crippen LogP contribution is -2.26. The summed E-state index contributed by atoms with van der Waals surface area (Å²) in [5, 5.41) is 3.87. The average Bonchev–Trinajstić information content (AvgIpc) is 3.18. The monoisotopic (exact) mass is 382 g/mol. The summed E-state index contributed by atoms with van der Waals surface area (Å²) in [4.78, 5) is 17.6. The first-order valence-corrected chi connectivity index (χ1v) is 9.39. The number of hydrogen-bond donors (Lipinski definition) is 1. The fourth-order valence-electron chi connectivity index (χ4n) is 2.90. The quantitative estimate of drug-likeness (QED) is 0.675. The van der Waals surface area contributed by atoms with Crippen LogP contribution < -0.4 is 14.8 Å². The maximum absolute atomic E-state index is 12.7. The second-order valence-electron chi connectivity index (χ2n) is 6.15. The van der Waals surface area contributed by atoms with Gasteiger partial charge in [0.25, 0.3) is 5.91 Å². The molecule has 1 amide bonds. The number of carbonyl (C=O) groups is 1. The molecule has 0 spiro atoms. The number of methoxy groups -OCH3 is 2. The van der Waals surface area contributed by atoms with Gasteiger partial charge in [-0.25, -0.2) is 4.98 Å². The largest absolute Gasteiger partial charge is 0.493 e. The third-order valence-electron chi connectivity index (χ3n) is 4.34. The number of aromatic nitrogens is 1. The molecular formula is C21H22N2O3S. The van der Waals surface area contributed by atoms with Gasteiger partial charge in [0.05, 0.1) is 26.5 Å². The first kappa shape index (κ1) is 18.9. The Kier molecular flexibility index (Phi) is 5.76. The van der Waals surface area contributed by atoms with Crippen molar-refractivity contribution in [3.8, 4) is 22.1 Å². The maximum atomic E-state index is 12.7. The predicted octanol–water partition coefficient (Wildman–Crippen LogP) is 4.63. The Bertz CT molecular complexity index is 938. The number of thiazole rings is 1. The van der Waals surface area contributed by atoms with E-state index in [0.29, 0.717) is 16.4 Å². The minimum atomic E-state index is -0.181. The van der Waals surface area contributed by atoms with Gasteiger partial charge in [-0.15, -0.1) is 11.3 Å². The molecule has 0 aliphatic carbocycles. The number of nitrogens with zero attached hydrogens (tertiary/aromatic N) is 1. The summed E-state index contributed by atoms with van der Waals surface area (Å²) in [6, 6.07) is 13.5. The van der Waals surface area contributed by atoms with E-state index in [1.54, 1.807) is 20.4 Å². The van der Waals surface area contributed by atoms with E-state index < -0.39 is 0 Å². The fourth-order valence-corrected chi connectivity index (χ4v) is 3.73. The van der Waals surface area contributed by atoms with Crippen LogP contribution in [0.3, 0.4) is 0 Å². The van der Waals surface area contributed by atoms with Crippen LogP contribution in [0.25, 0.3) is 10.6 Å². The molecule has 0 fully saturated rings. The zero-order valence-electron chi connectivity index (χ0n) is 15.8. The highest BCUT2D eigenvalue weighted by molar-refractivity contribution is 7.16. The molecule has 1 unspecified atom stereocenters. The van der Waals surface area contributed by atoms with E-state index in [1.807, 2.05) is 56.3 Å². The van der Waals surface area contributed by atoms with Crippen LogP contribution in [-0.4, -0.2) is 25.1 Å². The Balaban J connectivity index is 1.77. The highest BCUT2D eigenvalue weighted by Crippen LogP contribution is 2.33. The summed E-state index contributed by atoms with van der Waals surface area (Å²) in [5.74, 6) is 1.17. The summed E-state index contributed by atoms with van der Waals surface area (Å²) in [6.07, 6.45) is 1.62. The Morgan fingerprint density at radius 2 is 1.78 bits per heavy atom. The molecule has 3 aromatic rings. The Morgan fingerprint density at radius 3 is 2.44 bits per heavy atom. The van der Waals surface area contributed by atoms with Crippen LogP contribution in [0.4, 0.5) is 0 Å². The van der Waals surface area contributed by atoms with Crippen molar-refractivity contribution in [3.05, 3.63) is 64.7 Å². The molecule has 140 valence electrons. The summed E-state index contributed by atoms with van der Waals surface area (Å²) >= 11 is 1.38. The van der Waals surface area contributed by atoms with Gasteiger partial charge in [0.1, 0.15) is 9.88 Å². The first-order chi connectivity index (χ1) is 13.0. The van der Waals surface area contributed by atoms with E-state index >= 15 is 0 Å². The average molecular weight is 382 g/mol. The highest BCUT2D eigenvalue weighted by Gasteiger charge is 2.18. The van der Waals surface area contributed by atoms with Crippen LogP contribution in [0.1, 0.15) is 33.8 Å². The number of aryl methyl sites for hydroxylation is 1. The second-order valence-corrected chi connectivity index (χ2v) is 7.19. The van der Waals surface area contributed by atoms with Gasteiger partial charge in [0, 0.05) is 5.56 Å². The Labute approximate surface area is 163 Å². The van der Waals surface area contributed by atoms with E-state index in [9.17, 15) is 4.79 Å². The number of benzene rings is 2. The third kappa shape index (κ3) is 4.11. The van der Waals surface area contributed by atoms with Crippen molar-refractivity contribution >= 4 is 17.2 Å². The minimum absolute atomic E-state index is 0.142. The van der Waals surface area contributed by atoms with Crippen LogP contribution in [0.2, 0.25) is 0 Å². The van der Waals surface area contributed by atoms with Crippen LogP contribution in [0, 0.1) is 6.92 Å². The van der Waals surface area contributed by atoms with Gasteiger partial charge in [-0.1, -0.05) is 30.3 Å². The van der Waals surface area contributed by atoms with E-state index in [1.165, 1.54) is 11.3 Å². The van der Waals surface area contributed by atoms with Crippen LogP contribution in [0.5, 0.6) is 11.5 Å². The van der Waals surface area contributed by atoms with Crippen molar-refractivity contribution in [1.82, 2.24) is 10.3 Å². The third-order valence-corrected chi connectivity index (χ3v) is 5.38. The van der Waals surface area contributed by atoms with Crippen LogP contribution >= 0.6 is 11.3 Å². The second kappa shape index (κ2) is 8.22. The Hall–Kier alpha value is -2.86. The molecule has 0 saturated carbocycles. The molecule has 27 heavy (non-hydrogen) atoms. The van der Waals surface area contributed by atoms with Crippen molar-refractivity contribution in [2.24, 2.45) is 0 Å². The van der Waals surface area contributed by atoms with Gasteiger partial charge in [-0.2, -0.15) is 0 Å². The first-order valence-electron chi connectivity index (χ1n) is 8.58. The predicted molar refractivity (Wildman–Crippen MR) is 108 cm³/mol. The molecule has 1 aromatic heterocycles. The van der Waals surface area contributed by atoms with Gasteiger partial charge >= 0.3 is 0 Å². The smallest absolute Gasteiger partial charge is 0.263 e. The van der Waals surface area contributed by atoms with Gasteiger partial charge in [0.2, 0.25) is 0 Å². The number of nitrogens with one attached hydrogen (secondary N) is 1. The number of ether oxygens (including phenoxy) is 2. The topological polar surface area (TPSA) is 60.5 Å². The molecule has 0 radical (unpaired) electrons.